The molecular weight excluding hydrogens is 474 g/mol. The average molecular weight is 500 g/mol. The van der Waals surface area contributed by atoms with Crippen molar-refractivity contribution in [2.45, 2.75) is 26.3 Å². The molecule has 1 N–H and O–H groups in total. The number of hydrogen-bond acceptors (Lipinski definition) is 8. The van der Waals surface area contributed by atoms with Crippen molar-refractivity contribution in [1.29, 1.82) is 0 Å². The lowest BCUT2D eigenvalue weighted by atomic mass is 10.0. The molecule has 1 unspecified atom stereocenters. The predicted molar refractivity (Wildman–Crippen MR) is 132 cm³/mol. The van der Waals surface area contributed by atoms with E-state index < -0.39 is 0 Å². The van der Waals surface area contributed by atoms with Gasteiger partial charge in [-0.1, -0.05) is 11.6 Å². The van der Waals surface area contributed by atoms with Gasteiger partial charge in [0.05, 0.1) is 31.2 Å². The van der Waals surface area contributed by atoms with Crippen LogP contribution in [0.5, 0.6) is 5.75 Å². The van der Waals surface area contributed by atoms with Crippen LogP contribution >= 0.6 is 22.9 Å². The summed E-state index contributed by atoms with van der Waals surface area (Å²) in [4.78, 5) is 30.1. The maximum atomic E-state index is 13.3. The molecule has 8 nitrogen and oxygen atoms in total. The summed E-state index contributed by atoms with van der Waals surface area (Å²) in [5, 5.41) is 3.91. The van der Waals surface area contributed by atoms with E-state index >= 15 is 0 Å². The van der Waals surface area contributed by atoms with E-state index in [0.29, 0.717) is 38.6 Å². The first-order valence-corrected chi connectivity index (χ1v) is 12.5. The third-order valence-electron chi connectivity index (χ3n) is 6.20. The van der Waals surface area contributed by atoms with Crippen molar-refractivity contribution in [2.75, 3.05) is 38.7 Å². The second-order valence-corrected chi connectivity index (χ2v) is 10.1. The van der Waals surface area contributed by atoms with Gasteiger partial charge in [-0.05, 0) is 31.4 Å². The van der Waals surface area contributed by atoms with Crippen LogP contribution in [0.1, 0.15) is 33.0 Å². The zero-order valence-electron chi connectivity index (χ0n) is 19.1. The molecular formula is C24H26ClN5O3S. The highest BCUT2D eigenvalue weighted by Gasteiger charge is 2.26. The second-order valence-electron chi connectivity index (χ2n) is 8.64. The molecule has 178 valence electrons. The zero-order valence-corrected chi connectivity index (χ0v) is 20.7. The van der Waals surface area contributed by atoms with Crippen LogP contribution in [0.25, 0.3) is 11.1 Å². The molecule has 0 radical (unpaired) electrons. The Morgan fingerprint density at radius 2 is 2.21 bits per heavy atom. The number of halogens is 1. The van der Waals surface area contributed by atoms with Crippen LogP contribution in [-0.2, 0) is 17.7 Å². The van der Waals surface area contributed by atoms with Gasteiger partial charge in [0.1, 0.15) is 10.9 Å². The molecule has 0 aliphatic carbocycles. The Bertz CT molecular complexity index is 1210. The Hall–Kier alpha value is -2.59. The van der Waals surface area contributed by atoms with Gasteiger partial charge in [-0.25, -0.2) is 9.97 Å². The molecule has 1 atom stereocenters. The van der Waals surface area contributed by atoms with Crippen LogP contribution in [0.2, 0.25) is 5.15 Å². The van der Waals surface area contributed by atoms with Gasteiger partial charge in [0.15, 0.2) is 5.13 Å². The first kappa shape index (κ1) is 23.2. The van der Waals surface area contributed by atoms with E-state index in [2.05, 4.69) is 20.2 Å². The van der Waals surface area contributed by atoms with Gasteiger partial charge < -0.3 is 9.47 Å². The van der Waals surface area contributed by atoms with E-state index in [1.54, 1.807) is 36.9 Å². The van der Waals surface area contributed by atoms with Gasteiger partial charge in [-0.3, -0.25) is 20.0 Å². The smallest absolute Gasteiger partial charge is 0.259 e. The van der Waals surface area contributed by atoms with E-state index in [9.17, 15) is 4.79 Å². The molecule has 0 saturated carbocycles. The minimum Gasteiger partial charge on any atom is -0.494 e. The topological polar surface area (TPSA) is 89.5 Å². The average Bonchev–Trinajstić information content (AvgIpc) is 3.48. The number of ether oxygens (including phenoxy) is 2. The Morgan fingerprint density at radius 1 is 1.32 bits per heavy atom. The first-order chi connectivity index (χ1) is 16.5. The highest BCUT2D eigenvalue weighted by Crippen LogP contribution is 2.35. The predicted octanol–water partition coefficient (Wildman–Crippen LogP) is 4.22. The van der Waals surface area contributed by atoms with Crippen molar-refractivity contribution < 1.29 is 14.3 Å². The van der Waals surface area contributed by atoms with Gasteiger partial charge in [-0.2, -0.15) is 0 Å². The number of aromatic nitrogens is 3. The fourth-order valence-electron chi connectivity index (χ4n) is 4.47. The number of carbonyl (C=O) groups is 1. The van der Waals surface area contributed by atoms with Crippen LogP contribution in [0, 0.1) is 12.8 Å². The molecule has 0 spiro atoms. The Labute approximate surface area is 207 Å². The summed E-state index contributed by atoms with van der Waals surface area (Å²) in [5.74, 6) is 0.866. The second kappa shape index (κ2) is 9.95. The van der Waals surface area contributed by atoms with Crippen molar-refractivity contribution >= 4 is 34.0 Å². The lowest BCUT2D eigenvalue weighted by Crippen LogP contribution is -2.34. The summed E-state index contributed by atoms with van der Waals surface area (Å²) < 4.78 is 11.0. The van der Waals surface area contributed by atoms with Crippen molar-refractivity contribution in [3.63, 3.8) is 0 Å². The molecule has 5 heterocycles. The molecule has 3 aromatic rings. The van der Waals surface area contributed by atoms with Crippen molar-refractivity contribution in [3.8, 4) is 16.9 Å². The molecule has 3 aromatic heterocycles. The lowest BCUT2D eigenvalue weighted by Gasteiger charge is -2.27. The number of aryl methyl sites for hydroxylation is 1. The van der Waals surface area contributed by atoms with E-state index in [1.807, 2.05) is 13.0 Å². The first-order valence-electron chi connectivity index (χ1n) is 11.3. The molecule has 0 bridgehead atoms. The standard InChI is InChI=1S/C24H26ClN5O3S/c1-14-7-16(17-8-22(25)27-10-20(17)32-2)18(9-26-14)23(31)29-24-28-19-3-5-30(12-21(19)34-24)11-15-4-6-33-13-15/h7-10,15H,3-6,11-13H2,1-2H3,(H,28,29,31). The number of carbonyl (C=O) groups excluding carboxylic acids is 1. The van der Waals surface area contributed by atoms with E-state index in [0.717, 1.165) is 57.1 Å². The van der Waals surface area contributed by atoms with E-state index in [1.165, 1.54) is 4.88 Å². The fourth-order valence-corrected chi connectivity index (χ4v) is 5.67. The molecule has 1 saturated heterocycles. The van der Waals surface area contributed by atoms with Gasteiger partial charge in [0, 0.05) is 60.6 Å². The summed E-state index contributed by atoms with van der Waals surface area (Å²) in [6, 6.07) is 3.54. The fraction of sp³-hybridized carbons (Fsp3) is 0.417. The number of nitrogens with zero attached hydrogens (tertiary/aromatic N) is 4. The summed E-state index contributed by atoms with van der Waals surface area (Å²) in [6.07, 6.45) is 5.15. The number of pyridine rings is 2. The van der Waals surface area contributed by atoms with Crippen molar-refractivity contribution in [1.82, 2.24) is 19.9 Å². The van der Waals surface area contributed by atoms with E-state index in [-0.39, 0.29) is 5.91 Å². The monoisotopic (exact) mass is 499 g/mol. The van der Waals surface area contributed by atoms with Gasteiger partial charge in [0.2, 0.25) is 0 Å². The molecule has 2 aliphatic rings. The van der Waals surface area contributed by atoms with Gasteiger partial charge >= 0.3 is 0 Å². The largest absolute Gasteiger partial charge is 0.494 e. The van der Waals surface area contributed by atoms with Crippen LogP contribution in [0.15, 0.2) is 24.5 Å². The Balaban J connectivity index is 1.36. The minimum atomic E-state index is -0.274. The molecule has 10 heteroatoms. The summed E-state index contributed by atoms with van der Waals surface area (Å²) in [6.45, 7) is 6.49. The molecule has 34 heavy (non-hydrogen) atoms. The van der Waals surface area contributed by atoms with Crippen molar-refractivity contribution in [2.24, 2.45) is 5.92 Å². The summed E-state index contributed by atoms with van der Waals surface area (Å²) >= 11 is 7.69. The third-order valence-corrected chi connectivity index (χ3v) is 7.41. The minimum absolute atomic E-state index is 0.274. The Kier molecular flexibility index (Phi) is 6.78. The number of anilines is 1. The maximum absolute atomic E-state index is 13.3. The highest BCUT2D eigenvalue weighted by molar-refractivity contribution is 7.15. The molecule has 0 aromatic carbocycles. The van der Waals surface area contributed by atoms with E-state index in [4.69, 9.17) is 26.1 Å². The number of amides is 1. The molecule has 2 aliphatic heterocycles. The third kappa shape index (κ3) is 4.93. The SMILES string of the molecule is COc1cnc(Cl)cc1-c1cc(C)ncc1C(=O)Nc1nc2c(s1)CN(CC1CCOC1)CC2. The number of fused-ring (bicyclic) bond motifs is 1. The number of thiazole rings is 1. The maximum Gasteiger partial charge on any atom is 0.259 e. The quantitative estimate of drug-likeness (QED) is 0.508. The molecule has 5 rings (SSSR count). The Morgan fingerprint density at radius 3 is 3.00 bits per heavy atom. The van der Waals surface area contributed by atoms with Gasteiger partial charge in [-0.15, -0.1) is 11.3 Å². The lowest BCUT2D eigenvalue weighted by molar-refractivity contribution is 0.102. The molecule has 1 fully saturated rings. The normalized spacial score (nSPS) is 18.0. The number of rotatable bonds is 6. The van der Waals surface area contributed by atoms with Crippen LogP contribution in [0.3, 0.4) is 0 Å². The van der Waals surface area contributed by atoms with Crippen LogP contribution in [0.4, 0.5) is 5.13 Å². The molecule has 1 amide bonds. The summed E-state index contributed by atoms with van der Waals surface area (Å²) in [7, 11) is 1.56. The zero-order chi connectivity index (χ0) is 23.7. The number of hydrogen-bond donors (Lipinski definition) is 1. The van der Waals surface area contributed by atoms with Crippen molar-refractivity contribution in [3.05, 3.63) is 51.5 Å². The van der Waals surface area contributed by atoms with Crippen LogP contribution in [-0.4, -0.2) is 59.2 Å². The summed E-state index contributed by atoms with van der Waals surface area (Å²) in [5.41, 5.74) is 3.63. The number of methoxy groups -OCH3 is 1. The van der Waals surface area contributed by atoms with Gasteiger partial charge in [0.25, 0.3) is 5.91 Å². The van der Waals surface area contributed by atoms with Crippen LogP contribution < -0.4 is 10.1 Å². The highest BCUT2D eigenvalue weighted by atomic mass is 35.5. The number of nitrogens with one attached hydrogen (secondary N) is 1.